The number of aryl methyl sites for hydroxylation is 4. The van der Waals surface area contributed by atoms with Gasteiger partial charge in [-0.2, -0.15) is 0 Å². The van der Waals surface area contributed by atoms with Crippen molar-refractivity contribution in [2.24, 2.45) is 0 Å². The average molecular weight is 733 g/mol. The Labute approximate surface area is 332 Å². The van der Waals surface area contributed by atoms with E-state index in [1.807, 2.05) is 24.3 Å². The zero-order chi connectivity index (χ0) is 39.0. The van der Waals surface area contributed by atoms with Crippen LogP contribution in [0.2, 0.25) is 0 Å². The van der Waals surface area contributed by atoms with Gasteiger partial charge in [-0.3, -0.25) is 0 Å². The lowest BCUT2D eigenvalue weighted by Crippen LogP contribution is -2.13. The molecular weight excluding hydrogens is 685 g/mol. The number of ether oxygens (including phenoxy) is 2. The van der Waals surface area contributed by atoms with Gasteiger partial charge in [-0.1, -0.05) is 108 Å². The van der Waals surface area contributed by atoms with Crippen molar-refractivity contribution in [1.29, 1.82) is 0 Å². The molecule has 0 atom stereocenters. The van der Waals surface area contributed by atoms with E-state index in [0.717, 1.165) is 67.9 Å². The Morgan fingerprint density at radius 1 is 0.339 bits per heavy atom. The van der Waals surface area contributed by atoms with Crippen molar-refractivity contribution in [3.05, 3.63) is 202 Å². The Kier molecular flexibility index (Phi) is 11.5. The molecular formula is C52H48N2O2. The minimum absolute atomic E-state index is 0.854. The molecule has 0 amide bonds. The topological polar surface area (TPSA) is 24.9 Å². The molecule has 0 N–H and O–H groups in total. The van der Waals surface area contributed by atoms with Crippen molar-refractivity contribution >= 4 is 58.4 Å². The number of methoxy groups -OCH3 is 2. The smallest absolute Gasteiger partial charge is 0.118 e. The fourth-order valence-corrected chi connectivity index (χ4v) is 7.00. The number of anilines is 6. The van der Waals surface area contributed by atoms with Gasteiger partial charge in [0.2, 0.25) is 0 Å². The van der Waals surface area contributed by atoms with Gasteiger partial charge in [0, 0.05) is 34.1 Å². The summed E-state index contributed by atoms with van der Waals surface area (Å²) in [5.74, 6) is 1.71. The summed E-state index contributed by atoms with van der Waals surface area (Å²) in [6.45, 7) is 8.66. The van der Waals surface area contributed by atoms with Crippen LogP contribution in [0.4, 0.5) is 34.1 Å². The number of nitrogens with zero attached hydrogens (tertiary/aromatic N) is 2. The Balaban J connectivity index is 1.21. The third-order valence-electron chi connectivity index (χ3n) is 10.0. The number of hydrogen-bond donors (Lipinski definition) is 0. The Hall–Kier alpha value is -6.78. The van der Waals surface area contributed by atoms with Crippen molar-refractivity contribution in [1.82, 2.24) is 0 Å². The molecule has 0 unspecified atom stereocenters. The van der Waals surface area contributed by atoms with Crippen LogP contribution in [0.3, 0.4) is 0 Å². The highest BCUT2D eigenvalue weighted by molar-refractivity contribution is 5.84. The van der Waals surface area contributed by atoms with Gasteiger partial charge in [-0.05, 0) is 146 Å². The van der Waals surface area contributed by atoms with Crippen molar-refractivity contribution in [2.75, 3.05) is 24.0 Å². The van der Waals surface area contributed by atoms with Crippen LogP contribution in [0.25, 0.3) is 24.3 Å². The first-order chi connectivity index (χ1) is 27.3. The molecule has 0 bridgehead atoms. The first-order valence-electron chi connectivity index (χ1n) is 19.0. The second-order valence-electron chi connectivity index (χ2n) is 14.2. The summed E-state index contributed by atoms with van der Waals surface area (Å²) in [4.78, 5) is 4.70. The molecule has 7 rings (SSSR count). The lowest BCUT2D eigenvalue weighted by Gasteiger charge is -2.30. The van der Waals surface area contributed by atoms with Gasteiger partial charge in [-0.25, -0.2) is 0 Å². The van der Waals surface area contributed by atoms with Crippen LogP contribution < -0.4 is 19.3 Å². The SMILES string of the molecule is COc1ccc(/C=C/c2ccc(N(c3ccc(N(c4ccc(/C=C/c5ccc(OC)cc5)cc4)c4ccc(C)cc4C)cc3)c3ccc(C)cc3C)cc2)cc1. The monoisotopic (exact) mass is 732 g/mol. The highest BCUT2D eigenvalue weighted by Gasteiger charge is 2.18. The van der Waals surface area contributed by atoms with Crippen LogP contribution in [0.15, 0.2) is 158 Å². The number of benzene rings is 7. The highest BCUT2D eigenvalue weighted by atomic mass is 16.5. The van der Waals surface area contributed by atoms with E-state index in [-0.39, 0.29) is 0 Å². The molecule has 7 aromatic carbocycles. The van der Waals surface area contributed by atoms with Gasteiger partial charge >= 0.3 is 0 Å². The minimum Gasteiger partial charge on any atom is -0.497 e. The molecule has 278 valence electrons. The lowest BCUT2D eigenvalue weighted by atomic mass is 10.1. The van der Waals surface area contributed by atoms with Crippen molar-refractivity contribution in [3.8, 4) is 11.5 Å². The third kappa shape index (κ3) is 8.77. The van der Waals surface area contributed by atoms with Crippen LogP contribution in [-0.2, 0) is 0 Å². The summed E-state index contributed by atoms with van der Waals surface area (Å²) in [6, 6.07) is 56.0. The first kappa shape index (κ1) is 37.5. The summed E-state index contributed by atoms with van der Waals surface area (Å²) in [6.07, 6.45) is 8.55. The maximum Gasteiger partial charge on any atom is 0.118 e. The summed E-state index contributed by atoms with van der Waals surface area (Å²) in [5, 5.41) is 0. The van der Waals surface area contributed by atoms with Crippen LogP contribution in [0, 0.1) is 27.7 Å². The van der Waals surface area contributed by atoms with E-state index in [9.17, 15) is 0 Å². The molecule has 4 nitrogen and oxygen atoms in total. The molecule has 0 spiro atoms. The van der Waals surface area contributed by atoms with E-state index in [1.165, 1.54) is 22.3 Å². The van der Waals surface area contributed by atoms with E-state index in [0.29, 0.717) is 0 Å². The fourth-order valence-electron chi connectivity index (χ4n) is 7.00. The molecule has 0 fully saturated rings. The number of rotatable bonds is 12. The number of hydrogen-bond acceptors (Lipinski definition) is 4. The molecule has 56 heavy (non-hydrogen) atoms. The Morgan fingerprint density at radius 3 is 0.875 bits per heavy atom. The van der Waals surface area contributed by atoms with E-state index in [2.05, 4.69) is 195 Å². The molecule has 0 heterocycles. The standard InChI is InChI=1S/C52H48N2O2/c1-37-7-33-51(39(3)35-37)53(45-21-13-41(14-22-45)9-11-43-17-29-49(55-5)30-18-43)47-25-27-48(28-26-47)54(52-34-8-38(2)36-40(52)4)46-23-15-42(16-24-46)10-12-44-19-31-50(56-6)32-20-44/h7-36H,1-6H3/b11-9+,12-10+. The minimum atomic E-state index is 0.854. The van der Waals surface area contributed by atoms with E-state index >= 15 is 0 Å². The first-order valence-corrected chi connectivity index (χ1v) is 19.0. The Bertz CT molecular complexity index is 2270. The largest absolute Gasteiger partial charge is 0.497 e. The highest BCUT2D eigenvalue weighted by Crippen LogP contribution is 2.41. The van der Waals surface area contributed by atoms with E-state index < -0.39 is 0 Å². The summed E-state index contributed by atoms with van der Waals surface area (Å²) < 4.78 is 10.6. The lowest BCUT2D eigenvalue weighted by molar-refractivity contribution is 0.414. The molecule has 0 aliphatic rings. The second kappa shape index (κ2) is 17.1. The van der Waals surface area contributed by atoms with Gasteiger partial charge in [0.15, 0.2) is 0 Å². The van der Waals surface area contributed by atoms with E-state index in [1.54, 1.807) is 14.2 Å². The van der Waals surface area contributed by atoms with Crippen molar-refractivity contribution in [3.63, 3.8) is 0 Å². The van der Waals surface area contributed by atoms with Gasteiger partial charge in [-0.15, -0.1) is 0 Å². The van der Waals surface area contributed by atoms with Gasteiger partial charge in [0.25, 0.3) is 0 Å². The third-order valence-corrected chi connectivity index (χ3v) is 10.0. The maximum absolute atomic E-state index is 5.31. The predicted octanol–water partition coefficient (Wildman–Crippen LogP) is 14.2. The molecule has 4 heteroatoms. The van der Waals surface area contributed by atoms with Crippen LogP contribution in [-0.4, -0.2) is 14.2 Å². The molecule has 0 saturated carbocycles. The normalized spacial score (nSPS) is 11.2. The second-order valence-corrected chi connectivity index (χ2v) is 14.2. The zero-order valence-corrected chi connectivity index (χ0v) is 33.0. The average Bonchev–Trinajstić information content (AvgIpc) is 3.23. The molecule has 7 aromatic rings. The summed E-state index contributed by atoms with van der Waals surface area (Å²) in [7, 11) is 3.38. The van der Waals surface area contributed by atoms with Crippen molar-refractivity contribution < 1.29 is 9.47 Å². The van der Waals surface area contributed by atoms with Crippen LogP contribution >= 0.6 is 0 Å². The summed E-state index contributed by atoms with van der Waals surface area (Å²) >= 11 is 0. The van der Waals surface area contributed by atoms with Gasteiger partial charge in [0.1, 0.15) is 11.5 Å². The van der Waals surface area contributed by atoms with Crippen LogP contribution in [0.5, 0.6) is 11.5 Å². The van der Waals surface area contributed by atoms with E-state index in [4.69, 9.17) is 9.47 Å². The van der Waals surface area contributed by atoms with Crippen molar-refractivity contribution in [2.45, 2.75) is 27.7 Å². The Morgan fingerprint density at radius 2 is 0.607 bits per heavy atom. The summed E-state index contributed by atoms with van der Waals surface area (Å²) in [5.41, 5.74) is 16.1. The molecule has 0 radical (unpaired) electrons. The predicted molar refractivity (Wildman–Crippen MR) is 239 cm³/mol. The maximum atomic E-state index is 5.31. The zero-order valence-electron chi connectivity index (χ0n) is 33.0. The van der Waals surface area contributed by atoms with Gasteiger partial charge < -0.3 is 19.3 Å². The quantitative estimate of drug-likeness (QED) is 0.117. The fraction of sp³-hybridized carbons (Fsp3) is 0.115. The van der Waals surface area contributed by atoms with Gasteiger partial charge in [0.05, 0.1) is 14.2 Å². The molecule has 0 aromatic heterocycles. The molecule has 0 aliphatic carbocycles. The van der Waals surface area contributed by atoms with Crippen LogP contribution in [0.1, 0.15) is 44.5 Å². The molecule has 0 aliphatic heterocycles. The molecule has 0 saturated heterocycles.